The highest BCUT2D eigenvalue weighted by Crippen LogP contribution is 2.27. The van der Waals surface area contributed by atoms with Crippen molar-refractivity contribution in [1.29, 1.82) is 0 Å². The van der Waals surface area contributed by atoms with Crippen LogP contribution in [-0.2, 0) is 6.42 Å². The molecular formula is C17H30N2. The van der Waals surface area contributed by atoms with Crippen molar-refractivity contribution in [2.45, 2.75) is 59.9 Å². The Kier molecular flexibility index (Phi) is 6.02. The lowest BCUT2D eigenvalue weighted by Crippen LogP contribution is -2.38. The van der Waals surface area contributed by atoms with E-state index in [-0.39, 0.29) is 0 Å². The zero-order valence-electron chi connectivity index (χ0n) is 13.2. The number of rotatable bonds is 6. The average Bonchev–Trinajstić information content (AvgIpc) is 2.25. The first-order valence-electron chi connectivity index (χ1n) is 7.32. The van der Waals surface area contributed by atoms with Gasteiger partial charge in [-0.1, -0.05) is 57.5 Å². The molecule has 0 aliphatic rings. The summed E-state index contributed by atoms with van der Waals surface area (Å²) in [5, 5.41) is 0. The molecule has 0 aliphatic carbocycles. The fourth-order valence-electron chi connectivity index (χ4n) is 2.95. The molecule has 3 N–H and O–H groups in total. The van der Waals surface area contributed by atoms with Crippen LogP contribution in [0, 0.1) is 18.3 Å². The molecule has 1 rings (SSSR count). The lowest BCUT2D eigenvalue weighted by atomic mass is 9.82. The van der Waals surface area contributed by atoms with Crippen LogP contribution in [0.4, 0.5) is 0 Å². The molecule has 0 bridgehead atoms. The fourth-order valence-corrected chi connectivity index (χ4v) is 2.95. The molecule has 0 spiro atoms. The summed E-state index contributed by atoms with van der Waals surface area (Å²) in [4.78, 5) is 0. The van der Waals surface area contributed by atoms with Gasteiger partial charge < -0.3 is 0 Å². The number of nitrogens with one attached hydrogen (secondary N) is 1. The van der Waals surface area contributed by atoms with E-state index >= 15 is 0 Å². The van der Waals surface area contributed by atoms with Gasteiger partial charge in [0, 0.05) is 6.04 Å². The van der Waals surface area contributed by atoms with Crippen LogP contribution in [0.15, 0.2) is 24.3 Å². The molecule has 2 atom stereocenters. The quantitative estimate of drug-likeness (QED) is 0.604. The van der Waals surface area contributed by atoms with Crippen molar-refractivity contribution in [2.75, 3.05) is 0 Å². The molecule has 0 amide bonds. The summed E-state index contributed by atoms with van der Waals surface area (Å²) >= 11 is 0. The van der Waals surface area contributed by atoms with Crippen molar-refractivity contribution in [3.05, 3.63) is 35.4 Å². The minimum absolute atomic E-state index is 0.360. The van der Waals surface area contributed by atoms with Crippen molar-refractivity contribution >= 4 is 0 Å². The standard InChI is InChI=1S/C17H30N2/c1-13-7-6-8-15(9-13)11-16(19-18)10-14(2)12-17(3,4)5/h6-9,14,16,19H,10-12,18H2,1-5H3. The largest absolute Gasteiger partial charge is 0.271 e. The highest BCUT2D eigenvalue weighted by Gasteiger charge is 2.18. The minimum Gasteiger partial charge on any atom is -0.271 e. The Balaban J connectivity index is 2.54. The highest BCUT2D eigenvalue weighted by molar-refractivity contribution is 5.22. The molecule has 0 saturated heterocycles. The van der Waals surface area contributed by atoms with Gasteiger partial charge in [0.2, 0.25) is 0 Å². The van der Waals surface area contributed by atoms with E-state index in [1.165, 1.54) is 17.5 Å². The zero-order chi connectivity index (χ0) is 14.5. The number of hydrogen-bond acceptors (Lipinski definition) is 2. The van der Waals surface area contributed by atoms with Crippen LogP contribution in [0.5, 0.6) is 0 Å². The summed E-state index contributed by atoms with van der Waals surface area (Å²) in [6, 6.07) is 9.05. The topological polar surface area (TPSA) is 38.0 Å². The van der Waals surface area contributed by atoms with Crippen molar-refractivity contribution in [3.63, 3.8) is 0 Å². The maximum Gasteiger partial charge on any atom is 0.0253 e. The van der Waals surface area contributed by atoms with Gasteiger partial charge in [-0.3, -0.25) is 11.3 Å². The Labute approximate surface area is 118 Å². The van der Waals surface area contributed by atoms with E-state index in [9.17, 15) is 0 Å². The molecule has 2 nitrogen and oxygen atoms in total. The van der Waals surface area contributed by atoms with Crippen LogP contribution in [0.25, 0.3) is 0 Å². The van der Waals surface area contributed by atoms with E-state index in [0.717, 1.165) is 12.8 Å². The van der Waals surface area contributed by atoms with E-state index in [0.29, 0.717) is 17.4 Å². The molecule has 0 aliphatic heterocycles. The molecule has 0 saturated carbocycles. The number of benzene rings is 1. The van der Waals surface area contributed by atoms with E-state index in [1.807, 2.05) is 0 Å². The summed E-state index contributed by atoms with van der Waals surface area (Å²) in [5.41, 5.74) is 6.06. The van der Waals surface area contributed by atoms with Crippen LogP contribution in [0.1, 0.15) is 51.7 Å². The monoisotopic (exact) mass is 262 g/mol. The van der Waals surface area contributed by atoms with E-state index in [2.05, 4.69) is 64.3 Å². The fraction of sp³-hybridized carbons (Fsp3) is 0.647. The van der Waals surface area contributed by atoms with E-state index in [1.54, 1.807) is 0 Å². The van der Waals surface area contributed by atoms with Gasteiger partial charge in [-0.25, -0.2) is 0 Å². The average molecular weight is 262 g/mol. The molecule has 0 radical (unpaired) electrons. The summed E-state index contributed by atoms with van der Waals surface area (Å²) in [6.45, 7) is 11.4. The normalized spacial score (nSPS) is 15.3. The van der Waals surface area contributed by atoms with Gasteiger partial charge in [-0.15, -0.1) is 0 Å². The number of nitrogens with two attached hydrogens (primary N) is 1. The van der Waals surface area contributed by atoms with Crippen molar-refractivity contribution in [3.8, 4) is 0 Å². The molecule has 2 unspecified atom stereocenters. The van der Waals surface area contributed by atoms with Gasteiger partial charge in [0.05, 0.1) is 0 Å². The molecule has 1 aromatic rings. The second-order valence-corrected chi connectivity index (χ2v) is 7.16. The molecular weight excluding hydrogens is 232 g/mol. The first-order valence-corrected chi connectivity index (χ1v) is 7.32. The third-order valence-corrected chi connectivity index (χ3v) is 3.45. The summed E-state index contributed by atoms with van der Waals surface area (Å²) in [5.74, 6) is 6.41. The highest BCUT2D eigenvalue weighted by atomic mass is 15.2. The van der Waals surface area contributed by atoms with Gasteiger partial charge >= 0.3 is 0 Å². The lowest BCUT2D eigenvalue weighted by molar-refractivity contribution is 0.274. The van der Waals surface area contributed by atoms with Crippen LogP contribution >= 0.6 is 0 Å². The SMILES string of the molecule is Cc1cccc(CC(CC(C)CC(C)(C)C)NN)c1. The van der Waals surface area contributed by atoms with Gasteiger partial charge in [0.1, 0.15) is 0 Å². The third-order valence-electron chi connectivity index (χ3n) is 3.45. The molecule has 2 heteroatoms. The van der Waals surface area contributed by atoms with Gasteiger partial charge in [-0.2, -0.15) is 0 Å². The molecule has 1 aromatic carbocycles. The Bertz CT molecular complexity index is 379. The van der Waals surface area contributed by atoms with Gasteiger partial charge in [0.25, 0.3) is 0 Å². The third kappa shape index (κ3) is 6.74. The van der Waals surface area contributed by atoms with Crippen LogP contribution in [0.2, 0.25) is 0 Å². The summed E-state index contributed by atoms with van der Waals surface area (Å²) in [6.07, 6.45) is 3.37. The molecule has 0 fully saturated rings. The smallest absolute Gasteiger partial charge is 0.0253 e. The lowest BCUT2D eigenvalue weighted by Gasteiger charge is -2.26. The molecule has 0 aromatic heterocycles. The second-order valence-electron chi connectivity index (χ2n) is 7.16. The predicted molar refractivity (Wildman–Crippen MR) is 83.8 cm³/mol. The van der Waals surface area contributed by atoms with Crippen LogP contribution < -0.4 is 11.3 Å². The van der Waals surface area contributed by atoms with Gasteiger partial charge in [-0.05, 0) is 43.1 Å². The van der Waals surface area contributed by atoms with Crippen molar-refractivity contribution in [2.24, 2.45) is 17.2 Å². The van der Waals surface area contributed by atoms with Crippen molar-refractivity contribution < 1.29 is 0 Å². The molecule has 19 heavy (non-hydrogen) atoms. The number of hydrogen-bond donors (Lipinski definition) is 2. The first-order chi connectivity index (χ1) is 8.80. The Hall–Kier alpha value is -0.860. The molecule has 108 valence electrons. The Morgan fingerprint density at radius 3 is 2.47 bits per heavy atom. The second kappa shape index (κ2) is 7.06. The van der Waals surface area contributed by atoms with Crippen molar-refractivity contribution in [1.82, 2.24) is 5.43 Å². The van der Waals surface area contributed by atoms with Gasteiger partial charge in [0.15, 0.2) is 0 Å². The Morgan fingerprint density at radius 2 is 1.95 bits per heavy atom. The van der Waals surface area contributed by atoms with Crippen LogP contribution in [-0.4, -0.2) is 6.04 Å². The maximum absolute atomic E-state index is 5.72. The minimum atomic E-state index is 0.360. The maximum atomic E-state index is 5.72. The van der Waals surface area contributed by atoms with Crippen LogP contribution in [0.3, 0.4) is 0 Å². The molecule has 0 heterocycles. The van der Waals surface area contributed by atoms with E-state index < -0.39 is 0 Å². The predicted octanol–water partition coefficient (Wildman–Crippen LogP) is 3.83. The summed E-state index contributed by atoms with van der Waals surface area (Å²) < 4.78 is 0. The summed E-state index contributed by atoms with van der Waals surface area (Å²) in [7, 11) is 0. The first kappa shape index (κ1) is 16.2. The number of hydrazine groups is 1. The Morgan fingerprint density at radius 1 is 1.26 bits per heavy atom. The van der Waals surface area contributed by atoms with E-state index in [4.69, 9.17) is 5.84 Å². The zero-order valence-corrected chi connectivity index (χ0v) is 13.2. The number of aryl methyl sites for hydroxylation is 1.